The molecule has 0 bridgehead atoms. The lowest BCUT2D eigenvalue weighted by Gasteiger charge is -2.19. The zero-order chi connectivity index (χ0) is 20.5. The van der Waals surface area contributed by atoms with Gasteiger partial charge in [-0.25, -0.2) is 4.98 Å². The fourth-order valence-electron chi connectivity index (χ4n) is 2.82. The number of hydrogen-bond acceptors (Lipinski definition) is 6. The number of carbonyl (C=O) groups excluding carboxylic acids is 2. The molecule has 0 radical (unpaired) electrons. The van der Waals surface area contributed by atoms with Crippen LogP contribution < -0.4 is 10.1 Å². The van der Waals surface area contributed by atoms with E-state index in [4.69, 9.17) is 9.47 Å². The molecule has 1 aromatic heterocycles. The number of esters is 1. The summed E-state index contributed by atoms with van der Waals surface area (Å²) in [5.74, 6) is 0.0755. The van der Waals surface area contributed by atoms with Crippen molar-refractivity contribution in [3.8, 4) is 5.75 Å². The van der Waals surface area contributed by atoms with E-state index in [2.05, 4.69) is 17.2 Å². The van der Waals surface area contributed by atoms with Crippen molar-refractivity contribution in [3.63, 3.8) is 0 Å². The van der Waals surface area contributed by atoms with Crippen molar-refractivity contribution < 1.29 is 19.1 Å². The van der Waals surface area contributed by atoms with Crippen LogP contribution in [-0.4, -0.2) is 30.6 Å². The monoisotopic (exact) mass is 404 g/mol. The molecule has 28 heavy (non-hydrogen) atoms. The van der Waals surface area contributed by atoms with Crippen molar-refractivity contribution in [3.05, 3.63) is 45.4 Å². The molecule has 1 unspecified atom stereocenters. The fraction of sp³-hybridized carbons (Fsp3) is 0.476. The summed E-state index contributed by atoms with van der Waals surface area (Å²) in [5, 5.41) is 3.94. The van der Waals surface area contributed by atoms with Gasteiger partial charge in [-0.1, -0.05) is 25.5 Å². The predicted molar refractivity (Wildman–Crippen MR) is 110 cm³/mol. The number of rotatable bonds is 10. The van der Waals surface area contributed by atoms with E-state index in [-0.39, 0.29) is 18.3 Å². The highest BCUT2D eigenvalue weighted by molar-refractivity contribution is 7.13. The summed E-state index contributed by atoms with van der Waals surface area (Å²) in [6.07, 6.45) is 3.05. The van der Waals surface area contributed by atoms with Crippen LogP contribution in [0.1, 0.15) is 65.1 Å². The number of carbonyl (C=O) groups is 2. The molecular weight excluding hydrogens is 376 g/mol. The third-order valence-electron chi connectivity index (χ3n) is 4.27. The van der Waals surface area contributed by atoms with Crippen LogP contribution in [0.2, 0.25) is 0 Å². The zero-order valence-electron chi connectivity index (χ0n) is 16.9. The second-order valence-electron chi connectivity index (χ2n) is 6.44. The van der Waals surface area contributed by atoms with E-state index in [9.17, 15) is 9.59 Å². The molecular formula is C21H28N2O4S. The smallest absolute Gasteiger partial charge is 0.308 e. The molecule has 1 heterocycles. The third-order valence-corrected chi connectivity index (χ3v) is 5.48. The molecule has 2 aromatic rings. The lowest BCUT2D eigenvalue weighted by atomic mass is 10.0. The molecule has 0 spiro atoms. The first-order chi connectivity index (χ1) is 13.5. The summed E-state index contributed by atoms with van der Waals surface area (Å²) in [6.45, 7) is 6.02. The van der Waals surface area contributed by atoms with Gasteiger partial charge < -0.3 is 14.8 Å². The number of nitrogens with one attached hydrogen (secondary N) is 1. The summed E-state index contributed by atoms with van der Waals surface area (Å²) >= 11 is 1.42. The van der Waals surface area contributed by atoms with Gasteiger partial charge in [-0.2, -0.15) is 0 Å². The number of aromatic nitrogens is 1. The lowest BCUT2D eigenvalue weighted by Crippen LogP contribution is -2.30. The molecule has 1 N–H and O–H groups in total. The maximum atomic E-state index is 12.9. The Morgan fingerprint density at radius 3 is 2.75 bits per heavy atom. The van der Waals surface area contributed by atoms with Crippen LogP contribution in [0, 0.1) is 6.92 Å². The number of hydrogen-bond donors (Lipinski definition) is 1. The van der Waals surface area contributed by atoms with Crippen molar-refractivity contribution in [2.45, 2.75) is 52.5 Å². The highest BCUT2D eigenvalue weighted by atomic mass is 32.1. The lowest BCUT2D eigenvalue weighted by molar-refractivity contribution is -0.143. The number of aryl methyl sites for hydroxylation is 2. The molecule has 152 valence electrons. The van der Waals surface area contributed by atoms with E-state index in [1.165, 1.54) is 11.3 Å². The number of unbranched alkanes of at least 4 members (excludes halogenated alkanes) is 1. The number of benzene rings is 1. The van der Waals surface area contributed by atoms with Gasteiger partial charge in [0.1, 0.15) is 10.6 Å². The quantitative estimate of drug-likeness (QED) is 0.600. The van der Waals surface area contributed by atoms with Crippen LogP contribution in [0.5, 0.6) is 5.75 Å². The molecule has 0 aliphatic rings. The largest absolute Gasteiger partial charge is 0.497 e. The Kier molecular flexibility index (Phi) is 8.44. The molecule has 6 nitrogen and oxygen atoms in total. The summed E-state index contributed by atoms with van der Waals surface area (Å²) < 4.78 is 10.3. The molecule has 0 saturated carbocycles. The van der Waals surface area contributed by atoms with Gasteiger partial charge in [0.25, 0.3) is 5.91 Å². The first kappa shape index (κ1) is 21.9. The van der Waals surface area contributed by atoms with Gasteiger partial charge in [-0.3, -0.25) is 9.59 Å². The second kappa shape index (κ2) is 10.8. The van der Waals surface area contributed by atoms with Crippen molar-refractivity contribution in [1.29, 1.82) is 0 Å². The average Bonchev–Trinajstić information content (AvgIpc) is 3.06. The normalized spacial score (nSPS) is 11.7. The molecule has 0 aliphatic heterocycles. The molecule has 0 fully saturated rings. The highest BCUT2D eigenvalue weighted by Crippen LogP contribution is 2.25. The third kappa shape index (κ3) is 6.05. The van der Waals surface area contributed by atoms with E-state index in [1.807, 2.05) is 31.2 Å². The second-order valence-corrected chi connectivity index (χ2v) is 7.52. The van der Waals surface area contributed by atoms with E-state index in [0.29, 0.717) is 22.9 Å². The van der Waals surface area contributed by atoms with Crippen LogP contribution in [0.15, 0.2) is 24.3 Å². The molecule has 7 heteroatoms. The SMILES string of the molecule is CCCCc1nc(C)c(C(=O)NC(CC(=O)OCC)c2cccc(OC)c2)s1. The number of ether oxygens (including phenoxy) is 2. The van der Waals surface area contributed by atoms with Crippen LogP contribution in [0.25, 0.3) is 0 Å². The minimum Gasteiger partial charge on any atom is -0.497 e. The van der Waals surface area contributed by atoms with Gasteiger partial charge >= 0.3 is 5.97 Å². The Morgan fingerprint density at radius 2 is 2.07 bits per heavy atom. The van der Waals surface area contributed by atoms with Crippen LogP contribution >= 0.6 is 11.3 Å². The van der Waals surface area contributed by atoms with Crippen LogP contribution in [0.4, 0.5) is 0 Å². The van der Waals surface area contributed by atoms with Gasteiger partial charge in [0.15, 0.2) is 0 Å². The Hall–Kier alpha value is -2.41. The van der Waals surface area contributed by atoms with E-state index in [1.54, 1.807) is 14.0 Å². The number of thiazole rings is 1. The van der Waals surface area contributed by atoms with Gasteiger partial charge in [-0.15, -0.1) is 11.3 Å². The molecule has 0 saturated heterocycles. The molecule has 1 aromatic carbocycles. The van der Waals surface area contributed by atoms with E-state index >= 15 is 0 Å². The summed E-state index contributed by atoms with van der Waals surface area (Å²) in [4.78, 5) is 30.1. The molecule has 0 aliphatic carbocycles. The molecule has 1 atom stereocenters. The number of methoxy groups -OCH3 is 1. The zero-order valence-corrected chi connectivity index (χ0v) is 17.7. The summed E-state index contributed by atoms with van der Waals surface area (Å²) in [5.41, 5.74) is 1.50. The van der Waals surface area contributed by atoms with Crippen molar-refractivity contribution >= 4 is 23.2 Å². The summed E-state index contributed by atoms with van der Waals surface area (Å²) in [6, 6.07) is 6.82. The van der Waals surface area contributed by atoms with Gasteiger partial charge in [-0.05, 0) is 44.4 Å². The minimum atomic E-state index is -0.512. The van der Waals surface area contributed by atoms with Crippen molar-refractivity contribution in [1.82, 2.24) is 10.3 Å². The van der Waals surface area contributed by atoms with Gasteiger partial charge in [0.05, 0.1) is 36.9 Å². The predicted octanol–water partition coefficient (Wildman–Crippen LogP) is 4.23. The molecule has 1 amide bonds. The van der Waals surface area contributed by atoms with Crippen molar-refractivity contribution in [2.75, 3.05) is 13.7 Å². The summed E-state index contributed by atoms with van der Waals surface area (Å²) in [7, 11) is 1.58. The fourth-order valence-corrected chi connectivity index (χ4v) is 3.83. The maximum absolute atomic E-state index is 12.9. The van der Waals surface area contributed by atoms with E-state index < -0.39 is 6.04 Å². The minimum absolute atomic E-state index is 0.0489. The van der Waals surface area contributed by atoms with Gasteiger partial charge in [0, 0.05) is 0 Å². The average molecular weight is 405 g/mol. The number of amides is 1. The topological polar surface area (TPSA) is 77.5 Å². The highest BCUT2D eigenvalue weighted by Gasteiger charge is 2.23. The maximum Gasteiger partial charge on any atom is 0.308 e. The Labute approximate surface area is 170 Å². The molecule has 2 rings (SSSR count). The first-order valence-electron chi connectivity index (χ1n) is 9.55. The standard InChI is InChI=1S/C21H28N2O4S/c1-5-7-11-18-22-14(3)20(28-18)21(25)23-17(13-19(24)27-6-2)15-9-8-10-16(12-15)26-4/h8-10,12,17H,5-7,11,13H2,1-4H3,(H,23,25). The number of nitrogens with zero attached hydrogens (tertiary/aromatic N) is 1. The van der Waals surface area contributed by atoms with Gasteiger partial charge in [0.2, 0.25) is 0 Å². The van der Waals surface area contributed by atoms with Crippen LogP contribution in [-0.2, 0) is 16.0 Å². The van der Waals surface area contributed by atoms with E-state index in [0.717, 1.165) is 29.8 Å². The Morgan fingerprint density at radius 1 is 1.29 bits per heavy atom. The Bertz CT molecular complexity index is 803. The first-order valence-corrected chi connectivity index (χ1v) is 10.4. The van der Waals surface area contributed by atoms with Crippen molar-refractivity contribution in [2.24, 2.45) is 0 Å². The Balaban J connectivity index is 2.22. The van der Waals surface area contributed by atoms with Crippen LogP contribution in [0.3, 0.4) is 0 Å².